The number of amides is 2. The van der Waals surface area contributed by atoms with E-state index < -0.39 is 18.6 Å². The number of aryl methyl sites for hydroxylation is 1. The third kappa shape index (κ3) is 6.58. The van der Waals surface area contributed by atoms with Crippen LogP contribution in [0.2, 0.25) is 0 Å². The monoisotopic (exact) mass is 665 g/mol. The molecule has 2 N–H and O–H groups in total. The molecule has 0 saturated heterocycles. The summed E-state index contributed by atoms with van der Waals surface area (Å²) in [7, 11) is 2.02. The second-order valence-corrected chi connectivity index (χ2v) is 12.4. The standard InChI is InChI=1S/C41H36N4O5/c1-43-21-18-28(30-10-6-8-16-37(30)43)24-29-19-22-44(38-17-9-7-11-31(29)38)25-39(46)45(26-40(47)48)23-20-42-41(49)50-27-36-34-14-4-2-12-32(34)33-13-3-5-15-35(33)36/h2-19,21-22,24,36H,20,23,25-27H2,1H3,(H-,42,47,48,49)/p+1. The van der Waals surface area contributed by atoms with E-state index in [0.29, 0.717) is 0 Å². The van der Waals surface area contributed by atoms with Gasteiger partial charge in [-0.25, -0.2) is 9.36 Å². The zero-order valence-electron chi connectivity index (χ0n) is 27.7. The van der Waals surface area contributed by atoms with Crippen LogP contribution < -0.4 is 14.8 Å². The van der Waals surface area contributed by atoms with E-state index in [9.17, 15) is 19.5 Å². The molecule has 5 aromatic rings. The lowest BCUT2D eigenvalue weighted by Gasteiger charge is -2.30. The number of hydrogen-bond donors (Lipinski definition) is 2. The van der Waals surface area contributed by atoms with Crippen molar-refractivity contribution in [3.05, 3.63) is 144 Å². The highest BCUT2D eigenvalue weighted by Gasteiger charge is 2.29. The minimum absolute atomic E-state index is 0.0121. The number of carbonyl (C=O) groups excluding carboxylic acids is 2. The topological polar surface area (TPSA) is 103 Å². The lowest BCUT2D eigenvalue weighted by molar-refractivity contribution is -0.644. The Morgan fingerprint density at radius 2 is 1.54 bits per heavy atom. The number of rotatable bonds is 10. The fraction of sp³-hybridized carbons (Fsp3) is 0.171. The highest BCUT2D eigenvalue weighted by atomic mass is 16.5. The van der Waals surface area contributed by atoms with Crippen molar-refractivity contribution in [1.82, 2.24) is 10.2 Å². The van der Waals surface area contributed by atoms with Crippen LogP contribution in [0.1, 0.15) is 28.2 Å². The van der Waals surface area contributed by atoms with Crippen molar-refractivity contribution in [2.45, 2.75) is 5.92 Å². The normalized spacial score (nSPS) is 13.9. The van der Waals surface area contributed by atoms with E-state index in [1.807, 2.05) is 91.1 Å². The van der Waals surface area contributed by atoms with E-state index in [0.717, 1.165) is 55.5 Å². The Morgan fingerprint density at radius 1 is 0.880 bits per heavy atom. The molecule has 0 unspecified atom stereocenters. The summed E-state index contributed by atoms with van der Waals surface area (Å²) in [6.07, 6.45) is 7.38. The van der Waals surface area contributed by atoms with E-state index in [1.165, 1.54) is 4.90 Å². The molecule has 0 saturated carbocycles. The predicted molar refractivity (Wildman–Crippen MR) is 193 cm³/mol. The van der Waals surface area contributed by atoms with Crippen molar-refractivity contribution in [2.75, 3.05) is 37.7 Å². The molecule has 0 spiro atoms. The van der Waals surface area contributed by atoms with Crippen molar-refractivity contribution in [3.63, 3.8) is 0 Å². The number of nitrogens with one attached hydrogen (secondary N) is 1. The Kier molecular flexibility index (Phi) is 9.12. The van der Waals surface area contributed by atoms with Crippen LogP contribution >= 0.6 is 0 Å². The molecule has 1 aromatic heterocycles. The Bertz CT molecular complexity index is 2130. The molecule has 0 fully saturated rings. The summed E-state index contributed by atoms with van der Waals surface area (Å²) in [5.41, 5.74) is 9.49. The van der Waals surface area contributed by atoms with Crippen molar-refractivity contribution < 1.29 is 28.8 Å². The molecule has 0 atom stereocenters. The Morgan fingerprint density at radius 3 is 2.28 bits per heavy atom. The minimum Gasteiger partial charge on any atom is -0.480 e. The summed E-state index contributed by atoms with van der Waals surface area (Å²) >= 11 is 0. The van der Waals surface area contributed by atoms with Crippen LogP contribution in [0.3, 0.4) is 0 Å². The molecule has 1 aliphatic carbocycles. The molecule has 50 heavy (non-hydrogen) atoms. The molecule has 4 aromatic carbocycles. The van der Waals surface area contributed by atoms with Crippen LogP contribution in [0.15, 0.2) is 122 Å². The fourth-order valence-corrected chi connectivity index (χ4v) is 6.90. The third-order valence-electron chi connectivity index (χ3n) is 9.32. The molecule has 9 nitrogen and oxygen atoms in total. The van der Waals surface area contributed by atoms with Crippen LogP contribution in [0.25, 0.3) is 33.7 Å². The van der Waals surface area contributed by atoms with Crippen LogP contribution in [0, 0.1) is 0 Å². The lowest BCUT2D eigenvalue weighted by Crippen LogP contribution is -2.45. The summed E-state index contributed by atoms with van der Waals surface area (Å²) in [4.78, 5) is 41.1. The molecule has 0 radical (unpaired) electrons. The van der Waals surface area contributed by atoms with Gasteiger partial charge in [-0.3, -0.25) is 9.59 Å². The smallest absolute Gasteiger partial charge is 0.407 e. The van der Waals surface area contributed by atoms with Gasteiger partial charge < -0.3 is 25.0 Å². The molecule has 2 heterocycles. The van der Waals surface area contributed by atoms with E-state index in [1.54, 1.807) is 0 Å². The number of carbonyl (C=O) groups is 3. The van der Waals surface area contributed by atoms with Crippen LogP contribution in [0.5, 0.6) is 0 Å². The largest absolute Gasteiger partial charge is 0.480 e. The van der Waals surface area contributed by atoms with Gasteiger partial charge in [-0.1, -0.05) is 78.9 Å². The highest BCUT2D eigenvalue weighted by molar-refractivity contribution is 6.00. The number of fused-ring (bicyclic) bond motifs is 5. The van der Waals surface area contributed by atoms with E-state index in [4.69, 9.17) is 4.74 Å². The van der Waals surface area contributed by atoms with Gasteiger partial charge in [-0.2, -0.15) is 0 Å². The fourth-order valence-electron chi connectivity index (χ4n) is 6.90. The van der Waals surface area contributed by atoms with E-state index in [-0.39, 0.29) is 38.1 Å². The maximum absolute atomic E-state index is 13.5. The van der Waals surface area contributed by atoms with Gasteiger partial charge in [0, 0.05) is 48.6 Å². The van der Waals surface area contributed by atoms with E-state index in [2.05, 4.69) is 58.4 Å². The second kappa shape index (κ2) is 14.1. The number of carboxylic acids is 1. The van der Waals surface area contributed by atoms with Gasteiger partial charge in [-0.05, 0) is 57.7 Å². The number of pyridine rings is 1. The summed E-state index contributed by atoms with van der Waals surface area (Å²) in [6.45, 7) is -0.346. The third-order valence-corrected chi connectivity index (χ3v) is 9.32. The first kappa shape index (κ1) is 32.3. The molecule has 2 aliphatic rings. The first-order valence-electron chi connectivity index (χ1n) is 16.6. The molecule has 250 valence electrons. The first-order valence-corrected chi connectivity index (χ1v) is 16.6. The molecule has 0 bridgehead atoms. The SMILES string of the molecule is C[n+]1ccc(C=C2C=CN(CC(=O)N(CCNC(=O)OCC3c4ccccc4-c4ccccc43)CC(=O)O)c3ccccc32)c2ccccc21. The number of aliphatic carboxylic acids is 1. The molecule has 1 aliphatic heterocycles. The van der Waals surface area contributed by atoms with Crippen molar-refractivity contribution in [2.24, 2.45) is 7.05 Å². The number of nitrogens with zero attached hydrogens (tertiary/aromatic N) is 3. The van der Waals surface area contributed by atoms with Crippen molar-refractivity contribution in [1.29, 1.82) is 0 Å². The van der Waals surface area contributed by atoms with Crippen LogP contribution in [0.4, 0.5) is 10.5 Å². The highest BCUT2D eigenvalue weighted by Crippen LogP contribution is 2.44. The van der Waals surface area contributed by atoms with Gasteiger partial charge in [0.2, 0.25) is 11.4 Å². The number of aromatic nitrogens is 1. The Labute approximate surface area is 290 Å². The number of allylic oxidation sites excluding steroid dienone is 2. The number of alkyl carbamates (subject to hydrolysis) is 1. The van der Waals surface area contributed by atoms with Gasteiger partial charge in [-0.15, -0.1) is 0 Å². The predicted octanol–water partition coefficient (Wildman–Crippen LogP) is 5.99. The van der Waals surface area contributed by atoms with Crippen LogP contribution in [-0.4, -0.2) is 60.8 Å². The molecule has 9 heteroatoms. The average Bonchev–Trinajstić information content (AvgIpc) is 3.45. The summed E-state index contributed by atoms with van der Waals surface area (Å²) < 4.78 is 7.70. The molecular weight excluding hydrogens is 628 g/mol. The average molecular weight is 666 g/mol. The van der Waals surface area contributed by atoms with Gasteiger partial charge >= 0.3 is 12.1 Å². The first-order chi connectivity index (χ1) is 24.4. The maximum atomic E-state index is 13.5. The van der Waals surface area contributed by atoms with E-state index >= 15 is 0 Å². The quantitative estimate of drug-likeness (QED) is 0.178. The van der Waals surface area contributed by atoms with Gasteiger partial charge in [0.05, 0.1) is 5.39 Å². The Balaban J connectivity index is 0.995. The Hall–Kier alpha value is -6.22. The van der Waals surface area contributed by atoms with Crippen molar-refractivity contribution in [3.8, 4) is 11.1 Å². The van der Waals surface area contributed by atoms with Gasteiger partial charge in [0.25, 0.3) is 0 Å². The summed E-state index contributed by atoms with van der Waals surface area (Å²) in [6, 6.07) is 34.4. The van der Waals surface area contributed by atoms with Crippen molar-refractivity contribution >= 4 is 46.2 Å². The molecular formula is C41H37N4O5+. The zero-order valence-corrected chi connectivity index (χ0v) is 27.7. The number of hydrogen-bond acceptors (Lipinski definition) is 5. The minimum atomic E-state index is -1.14. The van der Waals surface area contributed by atoms with Crippen LogP contribution in [-0.2, 0) is 21.4 Å². The zero-order chi connectivity index (χ0) is 34.6. The molecule has 2 amide bonds. The summed E-state index contributed by atoms with van der Waals surface area (Å²) in [5, 5.41) is 13.4. The molecule has 7 rings (SSSR count). The second-order valence-electron chi connectivity index (χ2n) is 12.4. The van der Waals surface area contributed by atoms with Gasteiger partial charge in [0.15, 0.2) is 6.20 Å². The summed E-state index contributed by atoms with van der Waals surface area (Å²) in [5.74, 6) is -1.60. The maximum Gasteiger partial charge on any atom is 0.407 e. The van der Waals surface area contributed by atoms with Gasteiger partial charge in [0.1, 0.15) is 26.7 Å². The number of benzene rings is 4. The number of carboxylic acid groups (broad SMARTS) is 1. The lowest BCUT2D eigenvalue weighted by atomic mass is 9.96. The number of ether oxygens (including phenoxy) is 1. The number of para-hydroxylation sites is 2. The number of anilines is 1.